The molecule has 1 aromatic heterocycles. The van der Waals surface area contributed by atoms with Crippen LogP contribution in [0.2, 0.25) is 0 Å². The van der Waals surface area contributed by atoms with E-state index in [-0.39, 0.29) is 11.9 Å². The molecule has 1 amide bonds. The number of likely N-dealkylation sites (N-methyl/N-ethyl adjacent to an activating group) is 3. The molecule has 0 bridgehead atoms. The Morgan fingerprint density at radius 2 is 1.98 bits per heavy atom. The molecule has 2 aliphatic heterocycles. The van der Waals surface area contributed by atoms with Gasteiger partial charge in [0, 0.05) is 54.4 Å². The van der Waals surface area contributed by atoms with Gasteiger partial charge in [0.15, 0.2) is 0 Å². The standard InChI is InChI=1S/C23H27N5O.C12H21N3O/c1-27-12-5-8-17(27)15-29-23-25-20-14-28(13-11-19(20)22(24)26-23)21-10-4-7-16-6-2-3-9-18(16)21;1-5-15(11(2)8-9-13)12(16)7-6-10-14(3)4/h2-4,6-7,9-10,17H,5,8,11-15H2,1H3,(H2,24,25,26);6-7,11H,5,8,10H2,1-4H3/b;7-6+/t17-;11-/m01/s1. The van der Waals surface area contributed by atoms with Crippen LogP contribution in [0.3, 0.4) is 0 Å². The smallest absolute Gasteiger partial charge is 0.318 e. The molecule has 0 aliphatic carbocycles. The highest BCUT2D eigenvalue weighted by Crippen LogP contribution is 2.32. The molecule has 0 saturated carbocycles. The summed E-state index contributed by atoms with van der Waals surface area (Å²) in [7, 11) is 6.04. The minimum Gasteiger partial charge on any atom is -0.462 e. The number of benzene rings is 2. The number of carbonyl (C=O) groups excluding carboxylic acids is 1. The minimum atomic E-state index is -0.0218. The van der Waals surface area contributed by atoms with Crippen LogP contribution in [0.25, 0.3) is 10.8 Å². The van der Waals surface area contributed by atoms with Crippen LogP contribution in [0.5, 0.6) is 6.01 Å². The number of likely N-dealkylation sites (tertiary alicyclic amines) is 1. The molecule has 1 fully saturated rings. The van der Waals surface area contributed by atoms with E-state index in [1.807, 2.05) is 38.9 Å². The second-order valence-corrected chi connectivity index (χ2v) is 12.1. The Kier molecular flexibility index (Phi) is 12.1. The highest BCUT2D eigenvalue weighted by Gasteiger charge is 2.25. The Hall–Kier alpha value is -4.20. The van der Waals surface area contributed by atoms with Crippen LogP contribution < -0.4 is 15.4 Å². The van der Waals surface area contributed by atoms with Crippen molar-refractivity contribution >= 4 is 28.2 Å². The van der Waals surface area contributed by atoms with Crippen LogP contribution in [0.4, 0.5) is 11.5 Å². The third-order valence-electron chi connectivity index (χ3n) is 8.53. The fourth-order valence-electron chi connectivity index (χ4n) is 5.94. The van der Waals surface area contributed by atoms with E-state index in [0.29, 0.717) is 37.4 Å². The average Bonchev–Trinajstić information content (AvgIpc) is 3.44. The zero-order valence-corrected chi connectivity index (χ0v) is 27.4. The van der Waals surface area contributed by atoms with Gasteiger partial charge >= 0.3 is 6.01 Å². The second-order valence-electron chi connectivity index (χ2n) is 12.1. The number of hydrogen-bond donors (Lipinski definition) is 1. The summed E-state index contributed by atoms with van der Waals surface area (Å²) in [6, 6.07) is 17.9. The van der Waals surface area contributed by atoms with Gasteiger partial charge in [0.2, 0.25) is 5.91 Å². The molecule has 2 atom stereocenters. The highest BCUT2D eigenvalue weighted by molar-refractivity contribution is 5.94. The number of nitrogens with zero attached hydrogens (tertiary/aromatic N) is 7. The van der Waals surface area contributed by atoms with Gasteiger partial charge in [0.1, 0.15) is 12.4 Å². The van der Waals surface area contributed by atoms with Crippen LogP contribution in [-0.2, 0) is 17.8 Å². The highest BCUT2D eigenvalue weighted by atomic mass is 16.5. The molecule has 3 aromatic rings. The Morgan fingerprint density at radius 3 is 2.69 bits per heavy atom. The van der Waals surface area contributed by atoms with E-state index in [2.05, 4.69) is 70.4 Å². The molecule has 0 radical (unpaired) electrons. The van der Waals surface area contributed by atoms with Crippen molar-refractivity contribution in [3.63, 3.8) is 0 Å². The predicted octanol–water partition coefficient (Wildman–Crippen LogP) is 4.50. The van der Waals surface area contributed by atoms with E-state index in [9.17, 15) is 4.79 Å². The third-order valence-corrected chi connectivity index (χ3v) is 8.53. The van der Waals surface area contributed by atoms with E-state index in [1.165, 1.54) is 22.9 Å². The monoisotopic (exact) mass is 612 g/mol. The summed E-state index contributed by atoms with van der Waals surface area (Å²) in [5, 5.41) is 11.1. The lowest BCUT2D eigenvalue weighted by molar-refractivity contribution is -0.127. The molecule has 2 aliphatic rings. The first-order chi connectivity index (χ1) is 21.7. The molecule has 45 heavy (non-hydrogen) atoms. The van der Waals surface area contributed by atoms with Crippen LogP contribution >= 0.6 is 0 Å². The Labute approximate surface area is 268 Å². The van der Waals surface area contributed by atoms with E-state index in [1.54, 1.807) is 11.0 Å². The zero-order chi connectivity index (χ0) is 32.3. The van der Waals surface area contributed by atoms with E-state index in [4.69, 9.17) is 20.7 Å². The van der Waals surface area contributed by atoms with Gasteiger partial charge in [-0.05, 0) is 72.3 Å². The van der Waals surface area contributed by atoms with Gasteiger partial charge in [0.05, 0.1) is 24.7 Å². The molecule has 5 rings (SSSR count). The summed E-state index contributed by atoms with van der Waals surface area (Å²) in [5.41, 5.74) is 9.54. The molecule has 0 unspecified atom stereocenters. The predicted molar refractivity (Wildman–Crippen MR) is 181 cm³/mol. The average molecular weight is 613 g/mol. The number of anilines is 2. The molecular weight excluding hydrogens is 564 g/mol. The first-order valence-electron chi connectivity index (χ1n) is 15.9. The van der Waals surface area contributed by atoms with E-state index >= 15 is 0 Å². The van der Waals surface area contributed by atoms with Crippen LogP contribution in [0.15, 0.2) is 54.6 Å². The summed E-state index contributed by atoms with van der Waals surface area (Å²) in [6.07, 6.45) is 7.02. The number of nitriles is 1. The maximum atomic E-state index is 11.8. The molecule has 0 spiro atoms. The van der Waals surface area contributed by atoms with Gasteiger partial charge in [-0.2, -0.15) is 15.2 Å². The Bertz CT molecular complexity index is 1500. The number of ether oxygens (including phenoxy) is 1. The second kappa shape index (κ2) is 16.2. The van der Waals surface area contributed by atoms with Crippen molar-refractivity contribution in [2.24, 2.45) is 0 Å². The van der Waals surface area contributed by atoms with Crippen LogP contribution in [0, 0.1) is 11.3 Å². The molecule has 10 nitrogen and oxygen atoms in total. The van der Waals surface area contributed by atoms with Crippen molar-refractivity contribution in [3.8, 4) is 12.1 Å². The van der Waals surface area contributed by atoms with Crippen LogP contribution in [0.1, 0.15) is 44.4 Å². The van der Waals surface area contributed by atoms with Gasteiger partial charge in [-0.3, -0.25) is 4.79 Å². The lowest BCUT2D eigenvalue weighted by Crippen LogP contribution is -2.37. The van der Waals surface area contributed by atoms with Crippen molar-refractivity contribution in [2.45, 2.75) is 58.2 Å². The number of amides is 1. The summed E-state index contributed by atoms with van der Waals surface area (Å²) < 4.78 is 5.96. The number of hydrogen-bond acceptors (Lipinski definition) is 9. The number of nitrogen functional groups attached to an aromatic ring is 1. The van der Waals surface area contributed by atoms with Crippen molar-refractivity contribution < 1.29 is 9.53 Å². The largest absolute Gasteiger partial charge is 0.462 e. The topological polar surface area (TPSA) is 115 Å². The number of aromatic nitrogens is 2. The van der Waals surface area contributed by atoms with Gasteiger partial charge in [0.25, 0.3) is 0 Å². The minimum absolute atomic E-state index is 0.0212. The Balaban J connectivity index is 0.000000248. The first kappa shape index (κ1) is 33.7. The molecular formula is C35H48N8O2. The lowest BCUT2D eigenvalue weighted by Gasteiger charge is -2.31. The summed E-state index contributed by atoms with van der Waals surface area (Å²) >= 11 is 0. The van der Waals surface area contributed by atoms with E-state index < -0.39 is 0 Å². The third kappa shape index (κ3) is 8.93. The van der Waals surface area contributed by atoms with Gasteiger partial charge in [-0.15, -0.1) is 0 Å². The van der Waals surface area contributed by atoms with Crippen molar-refractivity contribution in [2.75, 3.05) is 64.6 Å². The molecule has 3 heterocycles. The summed E-state index contributed by atoms with van der Waals surface area (Å²) in [6.45, 7) is 8.56. The van der Waals surface area contributed by atoms with Crippen molar-refractivity contribution in [1.29, 1.82) is 5.26 Å². The quantitative estimate of drug-likeness (QED) is 0.331. The Morgan fingerprint density at radius 1 is 1.20 bits per heavy atom. The maximum Gasteiger partial charge on any atom is 0.318 e. The molecule has 240 valence electrons. The van der Waals surface area contributed by atoms with Gasteiger partial charge in [-0.25, -0.2) is 0 Å². The number of rotatable bonds is 10. The van der Waals surface area contributed by atoms with Gasteiger partial charge in [-0.1, -0.05) is 42.5 Å². The number of nitrogens with two attached hydrogens (primary N) is 1. The molecule has 2 aromatic carbocycles. The number of fused-ring (bicyclic) bond motifs is 2. The normalized spacial score (nSPS) is 17.1. The van der Waals surface area contributed by atoms with E-state index in [0.717, 1.165) is 50.3 Å². The molecule has 2 N–H and O–H groups in total. The number of carbonyl (C=O) groups is 1. The maximum absolute atomic E-state index is 11.8. The summed E-state index contributed by atoms with van der Waals surface area (Å²) in [4.78, 5) is 29.4. The zero-order valence-electron chi connectivity index (χ0n) is 27.4. The fourth-order valence-corrected chi connectivity index (χ4v) is 5.94. The van der Waals surface area contributed by atoms with Crippen molar-refractivity contribution in [1.82, 2.24) is 24.7 Å². The molecule has 1 saturated heterocycles. The molecule has 10 heteroatoms. The van der Waals surface area contributed by atoms with Crippen molar-refractivity contribution in [3.05, 3.63) is 65.9 Å². The SMILES string of the molecule is CCN(C(=O)/C=C/CN(C)C)[C@H](C)CC#N.CN1CCC[C@H]1COc1nc(N)c2c(n1)CN(c1cccc3ccccc13)CC2. The fraction of sp³-hybridized carbons (Fsp3) is 0.486. The van der Waals surface area contributed by atoms with Crippen LogP contribution in [-0.4, -0.2) is 96.6 Å². The van der Waals surface area contributed by atoms with Gasteiger partial charge < -0.3 is 30.1 Å². The summed E-state index contributed by atoms with van der Waals surface area (Å²) in [5.74, 6) is 0.537. The first-order valence-corrected chi connectivity index (χ1v) is 15.9. The lowest BCUT2D eigenvalue weighted by atomic mass is 10.0.